The first-order valence-electron chi connectivity index (χ1n) is 15.4. The largest absolute Gasteiger partial charge is 0.244 e. The number of benzene rings is 7. The van der Waals surface area contributed by atoms with Crippen LogP contribution in [0.15, 0.2) is 170 Å². The molecule has 2 heteroatoms. The lowest BCUT2D eigenvalue weighted by Gasteiger charge is -2.34. The van der Waals surface area contributed by atoms with E-state index in [-0.39, 0.29) is 0 Å². The number of fused-ring (bicyclic) bond motifs is 6. The van der Waals surface area contributed by atoms with Crippen LogP contribution >= 0.6 is 0 Å². The monoisotopic (exact) mass is 572 g/mol. The molecule has 0 bridgehead atoms. The first-order valence-corrected chi connectivity index (χ1v) is 15.4. The molecule has 8 aromatic rings. The highest BCUT2D eigenvalue weighted by atomic mass is 14.8. The Bertz CT molecular complexity index is 2320. The summed E-state index contributed by atoms with van der Waals surface area (Å²) >= 11 is 0. The van der Waals surface area contributed by atoms with Crippen LogP contribution in [0.2, 0.25) is 0 Å². The molecule has 0 atom stereocenters. The fraction of sp³-hybridized carbons (Fsp3) is 0.0233. The van der Waals surface area contributed by atoms with Gasteiger partial charge in [-0.05, 0) is 56.3 Å². The van der Waals surface area contributed by atoms with Crippen LogP contribution in [0.25, 0.3) is 55.4 Å². The number of para-hydroxylation sites is 2. The lowest BCUT2D eigenvalue weighted by molar-refractivity contribution is 0.769. The first kappa shape index (κ1) is 25.6. The van der Waals surface area contributed by atoms with Gasteiger partial charge in [-0.3, -0.25) is 0 Å². The molecule has 1 aromatic heterocycles. The summed E-state index contributed by atoms with van der Waals surface area (Å²) in [7, 11) is 0. The minimum absolute atomic E-state index is 0.434. The Morgan fingerprint density at radius 1 is 0.356 bits per heavy atom. The van der Waals surface area contributed by atoms with Crippen LogP contribution in [0.1, 0.15) is 22.3 Å². The lowest BCUT2D eigenvalue weighted by atomic mass is 9.67. The van der Waals surface area contributed by atoms with Gasteiger partial charge in [-0.1, -0.05) is 158 Å². The summed E-state index contributed by atoms with van der Waals surface area (Å²) in [4.78, 5) is 10.4. The number of rotatable bonds is 4. The summed E-state index contributed by atoms with van der Waals surface area (Å²) in [6.45, 7) is 0. The molecule has 2 nitrogen and oxygen atoms in total. The van der Waals surface area contributed by atoms with Gasteiger partial charge in [-0.2, -0.15) is 0 Å². The van der Waals surface area contributed by atoms with Crippen molar-refractivity contribution in [2.45, 2.75) is 5.41 Å². The Kier molecular flexibility index (Phi) is 5.76. The molecule has 0 fully saturated rings. The molecule has 0 N–H and O–H groups in total. The van der Waals surface area contributed by atoms with E-state index < -0.39 is 5.41 Å². The van der Waals surface area contributed by atoms with Crippen LogP contribution in [0.4, 0.5) is 0 Å². The second-order valence-corrected chi connectivity index (χ2v) is 11.7. The van der Waals surface area contributed by atoms with Gasteiger partial charge in [0.2, 0.25) is 0 Å². The molecule has 1 aliphatic rings. The van der Waals surface area contributed by atoms with Crippen molar-refractivity contribution in [3.05, 3.63) is 192 Å². The van der Waals surface area contributed by atoms with Gasteiger partial charge < -0.3 is 0 Å². The average molecular weight is 573 g/mol. The zero-order chi connectivity index (χ0) is 29.8. The third kappa shape index (κ3) is 3.76. The molecule has 45 heavy (non-hydrogen) atoms. The van der Waals surface area contributed by atoms with Crippen LogP contribution < -0.4 is 0 Å². The maximum Gasteiger partial charge on any atom is 0.0979 e. The van der Waals surface area contributed by atoms with E-state index in [1.807, 2.05) is 30.3 Å². The van der Waals surface area contributed by atoms with Crippen LogP contribution in [0.3, 0.4) is 0 Å². The molecule has 0 saturated carbocycles. The molecule has 0 radical (unpaired) electrons. The summed E-state index contributed by atoms with van der Waals surface area (Å²) < 4.78 is 0. The minimum atomic E-state index is -0.434. The predicted octanol–water partition coefficient (Wildman–Crippen LogP) is 10.5. The van der Waals surface area contributed by atoms with Crippen molar-refractivity contribution in [3.8, 4) is 33.6 Å². The van der Waals surface area contributed by atoms with Gasteiger partial charge in [0.1, 0.15) is 0 Å². The molecule has 1 heterocycles. The number of hydrogen-bond donors (Lipinski definition) is 0. The summed E-state index contributed by atoms with van der Waals surface area (Å²) in [5, 5.41) is 2.39. The molecule has 0 unspecified atom stereocenters. The van der Waals surface area contributed by atoms with Crippen molar-refractivity contribution >= 4 is 21.8 Å². The molecule has 9 rings (SSSR count). The quantitative estimate of drug-likeness (QED) is 0.210. The highest BCUT2D eigenvalue weighted by Gasteiger charge is 2.46. The number of aromatic nitrogens is 2. The van der Waals surface area contributed by atoms with Crippen molar-refractivity contribution in [2.75, 3.05) is 0 Å². The van der Waals surface area contributed by atoms with Crippen LogP contribution in [0, 0.1) is 0 Å². The predicted molar refractivity (Wildman–Crippen MR) is 185 cm³/mol. The van der Waals surface area contributed by atoms with Crippen molar-refractivity contribution in [2.24, 2.45) is 0 Å². The summed E-state index contributed by atoms with van der Waals surface area (Å²) in [6.07, 6.45) is 0. The van der Waals surface area contributed by atoms with Crippen LogP contribution in [-0.4, -0.2) is 9.97 Å². The highest BCUT2D eigenvalue weighted by molar-refractivity contribution is 6.09. The van der Waals surface area contributed by atoms with Gasteiger partial charge in [-0.25, -0.2) is 9.97 Å². The molecule has 0 amide bonds. The first-order chi connectivity index (χ1) is 22.3. The van der Waals surface area contributed by atoms with E-state index in [2.05, 4.69) is 140 Å². The third-order valence-electron chi connectivity index (χ3n) is 9.35. The Labute approximate surface area is 262 Å². The van der Waals surface area contributed by atoms with E-state index in [4.69, 9.17) is 9.97 Å². The summed E-state index contributed by atoms with van der Waals surface area (Å²) in [5.41, 5.74) is 13.0. The number of nitrogens with zero attached hydrogens (tertiary/aromatic N) is 2. The fourth-order valence-electron chi connectivity index (χ4n) is 7.49. The zero-order valence-electron chi connectivity index (χ0n) is 24.6. The maximum atomic E-state index is 5.27. The molecule has 7 aromatic carbocycles. The lowest BCUT2D eigenvalue weighted by Crippen LogP contribution is -2.28. The van der Waals surface area contributed by atoms with Crippen molar-refractivity contribution in [1.29, 1.82) is 0 Å². The van der Waals surface area contributed by atoms with Crippen molar-refractivity contribution in [3.63, 3.8) is 0 Å². The SMILES string of the molecule is c1ccc(-c2nc3ccccc3nc2-c2cccc3c4c(ccc23)C(c2ccccc2)(c2ccccc2)c2ccccc2-4)cc1. The van der Waals surface area contributed by atoms with Crippen molar-refractivity contribution < 1.29 is 0 Å². The normalized spacial score (nSPS) is 13.1. The fourth-order valence-corrected chi connectivity index (χ4v) is 7.49. The van der Waals surface area contributed by atoms with E-state index in [0.29, 0.717) is 0 Å². The molecule has 0 saturated heterocycles. The molecular formula is C43H28N2. The maximum absolute atomic E-state index is 5.27. The summed E-state index contributed by atoms with van der Waals surface area (Å²) in [6, 6.07) is 60.7. The highest BCUT2D eigenvalue weighted by Crippen LogP contribution is 2.58. The topological polar surface area (TPSA) is 25.8 Å². The van der Waals surface area contributed by atoms with Gasteiger partial charge in [0.25, 0.3) is 0 Å². The van der Waals surface area contributed by atoms with E-state index in [1.54, 1.807) is 0 Å². The standard InChI is InChI=1S/C43H28N2/c1-4-15-29(16-5-1)41-42(45-39-26-13-12-25-38(39)44-41)34-23-14-22-33-32(34)27-28-37-40(33)35-21-10-11-24-36(35)43(37,30-17-6-2-7-18-30)31-19-8-3-9-20-31/h1-28H. The zero-order valence-corrected chi connectivity index (χ0v) is 24.6. The number of hydrogen-bond acceptors (Lipinski definition) is 2. The summed E-state index contributed by atoms with van der Waals surface area (Å²) in [5.74, 6) is 0. The van der Waals surface area contributed by atoms with E-state index >= 15 is 0 Å². The Morgan fingerprint density at radius 3 is 1.60 bits per heavy atom. The van der Waals surface area contributed by atoms with Crippen molar-refractivity contribution in [1.82, 2.24) is 9.97 Å². The molecule has 0 aliphatic heterocycles. The molecule has 210 valence electrons. The van der Waals surface area contributed by atoms with E-state index in [9.17, 15) is 0 Å². The van der Waals surface area contributed by atoms with Gasteiger partial charge >= 0.3 is 0 Å². The van der Waals surface area contributed by atoms with E-state index in [0.717, 1.165) is 33.5 Å². The van der Waals surface area contributed by atoms with E-state index in [1.165, 1.54) is 44.2 Å². The van der Waals surface area contributed by atoms with Crippen LogP contribution in [0.5, 0.6) is 0 Å². The van der Waals surface area contributed by atoms with Gasteiger partial charge in [0.15, 0.2) is 0 Å². The molecule has 0 spiro atoms. The Morgan fingerprint density at radius 2 is 0.911 bits per heavy atom. The second kappa shape index (κ2) is 10.1. The smallest absolute Gasteiger partial charge is 0.0979 e. The Hall–Kier alpha value is -5.86. The van der Waals surface area contributed by atoms with Gasteiger partial charge in [0.05, 0.1) is 27.8 Å². The van der Waals surface area contributed by atoms with Gasteiger partial charge in [-0.15, -0.1) is 0 Å². The minimum Gasteiger partial charge on any atom is -0.244 e. The Balaban J connectivity index is 1.38. The molecule has 1 aliphatic carbocycles. The van der Waals surface area contributed by atoms with Gasteiger partial charge in [0, 0.05) is 11.1 Å². The third-order valence-corrected chi connectivity index (χ3v) is 9.35. The second-order valence-electron chi connectivity index (χ2n) is 11.7. The average Bonchev–Trinajstić information content (AvgIpc) is 3.43. The molecular weight excluding hydrogens is 544 g/mol. The van der Waals surface area contributed by atoms with Crippen LogP contribution in [-0.2, 0) is 5.41 Å².